The normalized spacial score (nSPS) is 21.0. The maximum atomic E-state index is 12.8. The van der Waals surface area contributed by atoms with E-state index in [9.17, 15) is 4.79 Å². The number of urea groups is 1. The van der Waals surface area contributed by atoms with Gasteiger partial charge < -0.3 is 14.4 Å². The van der Waals surface area contributed by atoms with Gasteiger partial charge in [0.2, 0.25) is 5.90 Å². The molecule has 2 aliphatic rings. The molecule has 1 atom stereocenters. The van der Waals surface area contributed by atoms with Crippen molar-refractivity contribution in [1.29, 1.82) is 5.41 Å². The summed E-state index contributed by atoms with van der Waals surface area (Å²) in [5.41, 5.74) is 1.95. The number of anilines is 1. The number of aryl methyl sites for hydroxylation is 1. The molecular formula is C19H24N6O3S. The molecule has 0 bridgehead atoms. The summed E-state index contributed by atoms with van der Waals surface area (Å²) in [6.45, 7) is 7.02. The lowest BCUT2D eigenvalue weighted by Gasteiger charge is -2.21. The van der Waals surface area contributed by atoms with Gasteiger partial charge in [-0.3, -0.25) is 15.4 Å². The summed E-state index contributed by atoms with van der Waals surface area (Å²) >= 11 is 1.27. The monoisotopic (exact) mass is 416 g/mol. The zero-order valence-electron chi connectivity index (χ0n) is 16.5. The SMILES string of the molecule is C=C(c1cnn(C)c1)c1sc(NC(=O)N2CCC3(CCOC3)C2)nc1C(=N)OC. The van der Waals surface area contributed by atoms with E-state index in [0.29, 0.717) is 34.4 Å². The minimum absolute atomic E-state index is 0.0787. The lowest BCUT2D eigenvalue weighted by molar-refractivity contribution is 0.154. The standard InChI is InChI=1S/C19H24N6O3S/c1-12(13-8-21-24(2)9-13)15-14(16(20)27-3)22-17(29-15)23-18(26)25-6-4-19(10-25)5-7-28-11-19/h8-9,20H,1,4-7,10-11H2,2-3H3,(H,22,23,26). The summed E-state index contributed by atoms with van der Waals surface area (Å²) in [4.78, 5) is 19.7. The van der Waals surface area contributed by atoms with Crippen LogP contribution < -0.4 is 5.32 Å². The summed E-state index contributed by atoms with van der Waals surface area (Å²) in [5.74, 6) is -0.0787. The van der Waals surface area contributed by atoms with E-state index < -0.39 is 0 Å². The van der Waals surface area contributed by atoms with E-state index >= 15 is 0 Å². The van der Waals surface area contributed by atoms with Crippen molar-refractivity contribution in [2.75, 3.05) is 38.7 Å². The number of methoxy groups -OCH3 is 1. The van der Waals surface area contributed by atoms with E-state index in [4.69, 9.17) is 14.9 Å². The highest BCUT2D eigenvalue weighted by Gasteiger charge is 2.43. The van der Waals surface area contributed by atoms with Gasteiger partial charge in [-0.2, -0.15) is 5.10 Å². The Balaban J connectivity index is 1.53. The zero-order chi connectivity index (χ0) is 20.6. The minimum atomic E-state index is -0.184. The lowest BCUT2D eigenvalue weighted by atomic mass is 9.87. The van der Waals surface area contributed by atoms with Gasteiger partial charge in [-0.1, -0.05) is 17.9 Å². The van der Waals surface area contributed by atoms with Crippen LogP contribution in [0.1, 0.15) is 29.0 Å². The molecular weight excluding hydrogens is 392 g/mol. The molecule has 0 aliphatic carbocycles. The van der Waals surface area contributed by atoms with Crippen LogP contribution in [0.4, 0.5) is 9.93 Å². The van der Waals surface area contributed by atoms with E-state index in [2.05, 4.69) is 22.0 Å². The zero-order valence-corrected chi connectivity index (χ0v) is 17.3. The molecule has 2 aromatic rings. The number of aromatic nitrogens is 3. The molecule has 2 amide bonds. The molecule has 1 spiro atoms. The molecule has 2 aromatic heterocycles. The largest absolute Gasteiger partial charge is 0.480 e. The number of hydrogen-bond acceptors (Lipinski definition) is 7. The number of carbonyl (C=O) groups is 1. The van der Waals surface area contributed by atoms with E-state index in [1.54, 1.807) is 10.9 Å². The first-order valence-corrected chi connectivity index (χ1v) is 10.2. The third-order valence-corrected chi connectivity index (χ3v) is 6.53. The fourth-order valence-corrected chi connectivity index (χ4v) is 4.73. The van der Waals surface area contributed by atoms with Gasteiger partial charge in [-0.15, -0.1) is 0 Å². The molecule has 4 heterocycles. The van der Waals surface area contributed by atoms with Gasteiger partial charge >= 0.3 is 6.03 Å². The Morgan fingerprint density at radius 2 is 2.31 bits per heavy atom. The van der Waals surface area contributed by atoms with Crippen LogP contribution in [0.5, 0.6) is 0 Å². The van der Waals surface area contributed by atoms with Crippen molar-refractivity contribution in [3.05, 3.63) is 35.1 Å². The Morgan fingerprint density at radius 3 is 2.97 bits per heavy atom. The van der Waals surface area contributed by atoms with Crippen LogP contribution in [0.3, 0.4) is 0 Å². The Hall–Kier alpha value is -2.72. The Bertz CT molecular complexity index is 959. The lowest BCUT2D eigenvalue weighted by Crippen LogP contribution is -2.35. The number of likely N-dealkylation sites (tertiary alicyclic amines) is 1. The van der Waals surface area contributed by atoms with Gasteiger partial charge in [0.1, 0.15) is 5.69 Å². The van der Waals surface area contributed by atoms with Crippen LogP contribution in [0, 0.1) is 10.8 Å². The fraction of sp³-hybridized carbons (Fsp3) is 0.474. The molecule has 2 saturated heterocycles. The number of rotatable bonds is 4. The van der Waals surface area contributed by atoms with E-state index in [1.165, 1.54) is 18.4 Å². The van der Waals surface area contributed by atoms with Crippen molar-refractivity contribution in [3.63, 3.8) is 0 Å². The number of carbonyl (C=O) groups excluding carboxylic acids is 1. The number of hydrogen-bond donors (Lipinski definition) is 2. The Kier molecular flexibility index (Phi) is 5.13. The first kappa shape index (κ1) is 19.6. The van der Waals surface area contributed by atoms with Crippen LogP contribution in [0.25, 0.3) is 5.57 Å². The second-order valence-corrected chi connectivity index (χ2v) is 8.51. The van der Waals surface area contributed by atoms with Crippen molar-refractivity contribution in [2.24, 2.45) is 12.5 Å². The average Bonchev–Trinajstić information content (AvgIpc) is 3.49. The number of amides is 2. The molecule has 2 aliphatic heterocycles. The molecule has 0 aromatic carbocycles. The van der Waals surface area contributed by atoms with Gasteiger partial charge in [0.15, 0.2) is 5.13 Å². The quantitative estimate of drug-likeness (QED) is 0.589. The van der Waals surface area contributed by atoms with Crippen molar-refractivity contribution in [3.8, 4) is 0 Å². The third kappa shape index (κ3) is 3.77. The highest BCUT2D eigenvalue weighted by Crippen LogP contribution is 2.39. The second kappa shape index (κ2) is 7.60. The summed E-state index contributed by atoms with van der Waals surface area (Å²) in [5, 5.41) is 15.5. The summed E-state index contributed by atoms with van der Waals surface area (Å²) < 4.78 is 12.3. The molecule has 2 fully saturated rings. The molecule has 154 valence electrons. The minimum Gasteiger partial charge on any atom is -0.480 e. The van der Waals surface area contributed by atoms with E-state index in [1.807, 2.05) is 18.1 Å². The molecule has 4 rings (SSSR count). The van der Waals surface area contributed by atoms with Crippen LogP contribution in [-0.2, 0) is 16.5 Å². The smallest absolute Gasteiger partial charge is 0.323 e. The van der Waals surface area contributed by atoms with Crippen LogP contribution >= 0.6 is 11.3 Å². The molecule has 10 heteroatoms. The van der Waals surface area contributed by atoms with Gasteiger partial charge in [0, 0.05) is 43.9 Å². The van der Waals surface area contributed by atoms with Crippen LogP contribution in [-0.4, -0.2) is 65.0 Å². The van der Waals surface area contributed by atoms with Gasteiger partial charge in [-0.05, 0) is 18.4 Å². The second-order valence-electron chi connectivity index (χ2n) is 7.52. The van der Waals surface area contributed by atoms with Crippen molar-refractivity contribution < 1.29 is 14.3 Å². The summed E-state index contributed by atoms with van der Waals surface area (Å²) in [7, 11) is 3.25. The van der Waals surface area contributed by atoms with Gasteiger partial charge in [0.25, 0.3) is 0 Å². The van der Waals surface area contributed by atoms with Crippen molar-refractivity contribution in [2.45, 2.75) is 12.8 Å². The maximum absolute atomic E-state index is 12.8. The average molecular weight is 417 g/mol. The summed E-state index contributed by atoms with van der Waals surface area (Å²) in [6.07, 6.45) is 5.50. The summed E-state index contributed by atoms with van der Waals surface area (Å²) in [6, 6.07) is -0.184. The molecule has 1 unspecified atom stereocenters. The molecule has 2 N–H and O–H groups in total. The third-order valence-electron chi connectivity index (χ3n) is 5.50. The first-order valence-electron chi connectivity index (χ1n) is 9.36. The van der Waals surface area contributed by atoms with Gasteiger partial charge in [0.05, 0.1) is 24.8 Å². The highest BCUT2D eigenvalue weighted by atomic mass is 32.1. The number of nitrogens with zero attached hydrogens (tertiary/aromatic N) is 4. The first-order chi connectivity index (χ1) is 13.9. The van der Waals surface area contributed by atoms with Crippen LogP contribution in [0.15, 0.2) is 19.0 Å². The number of thiazole rings is 1. The molecule has 29 heavy (non-hydrogen) atoms. The molecule has 0 radical (unpaired) electrons. The van der Waals surface area contributed by atoms with Crippen molar-refractivity contribution in [1.82, 2.24) is 19.7 Å². The fourth-order valence-electron chi connectivity index (χ4n) is 3.79. The van der Waals surface area contributed by atoms with E-state index in [0.717, 1.165) is 31.6 Å². The topological polar surface area (TPSA) is 105 Å². The highest BCUT2D eigenvalue weighted by molar-refractivity contribution is 7.17. The molecule has 9 nitrogen and oxygen atoms in total. The van der Waals surface area contributed by atoms with Crippen LogP contribution in [0.2, 0.25) is 0 Å². The van der Waals surface area contributed by atoms with Crippen molar-refractivity contribution >= 4 is 34.0 Å². The number of nitrogens with one attached hydrogen (secondary N) is 2. The maximum Gasteiger partial charge on any atom is 0.323 e. The van der Waals surface area contributed by atoms with E-state index in [-0.39, 0.29) is 17.3 Å². The predicted molar refractivity (Wildman–Crippen MR) is 110 cm³/mol. The Labute approximate surface area is 172 Å². The van der Waals surface area contributed by atoms with Gasteiger partial charge in [-0.25, -0.2) is 9.78 Å². The predicted octanol–water partition coefficient (Wildman–Crippen LogP) is 2.55. The Morgan fingerprint density at radius 1 is 1.48 bits per heavy atom. The molecule has 0 saturated carbocycles. The number of ether oxygens (including phenoxy) is 2.